The van der Waals surface area contributed by atoms with E-state index in [4.69, 9.17) is 4.74 Å². The van der Waals surface area contributed by atoms with E-state index in [-0.39, 0.29) is 23.5 Å². The summed E-state index contributed by atoms with van der Waals surface area (Å²) in [6.07, 6.45) is 3.46. The maximum absolute atomic E-state index is 12.9. The van der Waals surface area contributed by atoms with Crippen LogP contribution in [0.1, 0.15) is 46.0 Å². The van der Waals surface area contributed by atoms with Crippen molar-refractivity contribution in [3.63, 3.8) is 0 Å². The molecule has 1 N–H and O–H groups in total. The second-order valence-electron chi connectivity index (χ2n) is 7.02. The van der Waals surface area contributed by atoms with E-state index >= 15 is 0 Å². The molecule has 0 radical (unpaired) electrons. The largest absolute Gasteiger partial charge is 0.381 e. The minimum absolute atomic E-state index is 0.0280. The number of nitrogens with one attached hydrogen (secondary N) is 1. The zero-order valence-corrected chi connectivity index (χ0v) is 12.8. The number of carbonyl (C=O) groups is 3. The standard InChI is InChI=1S/C15H22N2O4/c1-14(2)9(8-10(14)21-3)17-12(19)15(6-4-5-7-15)11(18)16-13(17)20/h9-10H,4-8H2,1-3H3,(H,16,18,20). The van der Waals surface area contributed by atoms with E-state index in [1.165, 1.54) is 4.90 Å². The molecule has 3 aliphatic rings. The van der Waals surface area contributed by atoms with Crippen molar-refractivity contribution in [1.82, 2.24) is 10.2 Å². The van der Waals surface area contributed by atoms with E-state index in [1.54, 1.807) is 7.11 Å². The van der Waals surface area contributed by atoms with Gasteiger partial charge >= 0.3 is 6.03 Å². The number of rotatable bonds is 2. The lowest BCUT2D eigenvalue weighted by atomic mass is 9.63. The Morgan fingerprint density at radius 1 is 1.19 bits per heavy atom. The van der Waals surface area contributed by atoms with Gasteiger partial charge in [-0.1, -0.05) is 26.7 Å². The molecule has 0 aromatic rings. The molecule has 0 bridgehead atoms. The number of hydrogen-bond donors (Lipinski definition) is 1. The number of amides is 4. The second kappa shape index (κ2) is 4.53. The monoisotopic (exact) mass is 294 g/mol. The molecule has 6 heteroatoms. The van der Waals surface area contributed by atoms with Crippen LogP contribution in [0.25, 0.3) is 0 Å². The number of methoxy groups -OCH3 is 1. The number of nitrogens with zero attached hydrogens (tertiary/aromatic N) is 1. The van der Waals surface area contributed by atoms with E-state index in [0.29, 0.717) is 19.3 Å². The van der Waals surface area contributed by atoms with E-state index in [2.05, 4.69) is 5.32 Å². The Morgan fingerprint density at radius 3 is 2.33 bits per heavy atom. The molecule has 2 atom stereocenters. The van der Waals surface area contributed by atoms with Crippen LogP contribution in [0.5, 0.6) is 0 Å². The summed E-state index contributed by atoms with van der Waals surface area (Å²) in [5.41, 5.74) is -1.30. The molecule has 4 amide bonds. The van der Waals surface area contributed by atoms with Crippen LogP contribution < -0.4 is 5.32 Å². The molecular formula is C15H22N2O4. The molecule has 3 fully saturated rings. The van der Waals surface area contributed by atoms with Crippen molar-refractivity contribution in [1.29, 1.82) is 0 Å². The summed E-state index contributed by atoms with van der Waals surface area (Å²) in [4.78, 5) is 38.6. The molecule has 1 spiro atoms. The third kappa shape index (κ3) is 1.78. The van der Waals surface area contributed by atoms with Crippen LogP contribution in [0.3, 0.4) is 0 Å². The van der Waals surface area contributed by atoms with Crippen molar-refractivity contribution in [3.05, 3.63) is 0 Å². The summed E-state index contributed by atoms with van der Waals surface area (Å²) in [6, 6.07) is -0.782. The molecule has 2 unspecified atom stereocenters. The molecule has 3 rings (SSSR count). The molecule has 1 aliphatic heterocycles. The average molecular weight is 294 g/mol. The number of barbiturate groups is 1. The molecule has 0 aromatic carbocycles. The molecule has 21 heavy (non-hydrogen) atoms. The SMILES string of the molecule is COC1CC(N2C(=O)NC(=O)C3(CCCC3)C2=O)C1(C)C. The highest BCUT2D eigenvalue weighted by Crippen LogP contribution is 2.49. The second-order valence-corrected chi connectivity index (χ2v) is 7.02. The zero-order chi connectivity index (χ0) is 15.4. The van der Waals surface area contributed by atoms with Crippen molar-refractivity contribution in [2.75, 3.05) is 7.11 Å². The Morgan fingerprint density at radius 2 is 1.81 bits per heavy atom. The Kier molecular flexibility index (Phi) is 3.13. The maximum Gasteiger partial charge on any atom is 0.331 e. The van der Waals surface area contributed by atoms with Gasteiger partial charge in [-0.2, -0.15) is 0 Å². The summed E-state index contributed by atoms with van der Waals surface area (Å²) in [6.45, 7) is 3.99. The Labute approximate surface area is 124 Å². The molecule has 116 valence electrons. The topological polar surface area (TPSA) is 75.7 Å². The first-order valence-corrected chi connectivity index (χ1v) is 7.56. The van der Waals surface area contributed by atoms with Gasteiger partial charge in [0.15, 0.2) is 0 Å². The van der Waals surface area contributed by atoms with Crippen LogP contribution in [0.4, 0.5) is 4.79 Å². The van der Waals surface area contributed by atoms with Gasteiger partial charge in [0.25, 0.3) is 0 Å². The molecule has 1 saturated heterocycles. The number of imide groups is 2. The first-order chi connectivity index (χ1) is 9.84. The van der Waals surface area contributed by atoms with E-state index in [1.807, 2.05) is 13.8 Å². The quantitative estimate of drug-likeness (QED) is 0.782. The number of ether oxygens (including phenoxy) is 1. The van der Waals surface area contributed by atoms with Crippen LogP contribution in [0.2, 0.25) is 0 Å². The first kappa shape index (κ1) is 14.5. The van der Waals surface area contributed by atoms with Gasteiger partial charge < -0.3 is 4.74 Å². The number of hydrogen-bond acceptors (Lipinski definition) is 4. The molecule has 6 nitrogen and oxygen atoms in total. The highest BCUT2D eigenvalue weighted by atomic mass is 16.5. The third-order valence-corrected chi connectivity index (χ3v) is 5.68. The highest BCUT2D eigenvalue weighted by molar-refractivity contribution is 6.19. The fourth-order valence-electron chi connectivity index (χ4n) is 4.10. The highest BCUT2D eigenvalue weighted by Gasteiger charge is 2.61. The van der Waals surface area contributed by atoms with E-state index in [9.17, 15) is 14.4 Å². The van der Waals surface area contributed by atoms with E-state index in [0.717, 1.165) is 12.8 Å². The average Bonchev–Trinajstić information content (AvgIpc) is 2.91. The summed E-state index contributed by atoms with van der Waals surface area (Å²) in [7, 11) is 1.64. The van der Waals surface area contributed by atoms with Crippen LogP contribution in [0.15, 0.2) is 0 Å². The summed E-state index contributed by atoms with van der Waals surface area (Å²) in [5.74, 6) is -0.715. The molecule has 1 heterocycles. The molecule has 2 aliphatic carbocycles. The summed E-state index contributed by atoms with van der Waals surface area (Å²) >= 11 is 0. The minimum atomic E-state index is -1.01. The predicted octanol–water partition coefficient (Wildman–Crippen LogP) is 1.44. The van der Waals surface area contributed by atoms with Gasteiger partial charge in [-0.15, -0.1) is 0 Å². The maximum atomic E-state index is 12.9. The minimum Gasteiger partial charge on any atom is -0.381 e. The normalized spacial score (nSPS) is 34.0. The number of urea groups is 1. The van der Waals surface area contributed by atoms with Crippen LogP contribution in [0, 0.1) is 10.8 Å². The summed E-state index contributed by atoms with van der Waals surface area (Å²) < 4.78 is 5.39. The predicted molar refractivity (Wildman–Crippen MR) is 74.3 cm³/mol. The van der Waals surface area contributed by atoms with Crippen LogP contribution >= 0.6 is 0 Å². The van der Waals surface area contributed by atoms with Gasteiger partial charge in [0.2, 0.25) is 11.8 Å². The van der Waals surface area contributed by atoms with Crippen molar-refractivity contribution in [2.24, 2.45) is 10.8 Å². The fraction of sp³-hybridized carbons (Fsp3) is 0.800. The number of carbonyl (C=O) groups excluding carboxylic acids is 3. The van der Waals surface area contributed by atoms with Crippen molar-refractivity contribution in [2.45, 2.75) is 58.1 Å². The van der Waals surface area contributed by atoms with Gasteiger partial charge in [-0.05, 0) is 19.3 Å². The summed E-state index contributed by atoms with van der Waals surface area (Å²) in [5, 5.41) is 2.40. The lowest BCUT2D eigenvalue weighted by Gasteiger charge is -2.56. The fourth-order valence-corrected chi connectivity index (χ4v) is 4.10. The molecule has 0 aromatic heterocycles. The van der Waals surface area contributed by atoms with Gasteiger partial charge in [-0.25, -0.2) is 4.79 Å². The lowest BCUT2D eigenvalue weighted by molar-refractivity contribution is -0.168. The van der Waals surface area contributed by atoms with E-state index < -0.39 is 17.4 Å². The van der Waals surface area contributed by atoms with Crippen LogP contribution in [-0.4, -0.2) is 42.0 Å². The van der Waals surface area contributed by atoms with Gasteiger partial charge in [-0.3, -0.25) is 19.8 Å². The Bertz CT molecular complexity index is 508. The van der Waals surface area contributed by atoms with Gasteiger partial charge in [0, 0.05) is 12.5 Å². The van der Waals surface area contributed by atoms with Gasteiger partial charge in [0.1, 0.15) is 5.41 Å². The van der Waals surface area contributed by atoms with Crippen molar-refractivity contribution in [3.8, 4) is 0 Å². The molecule has 2 saturated carbocycles. The first-order valence-electron chi connectivity index (χ1n) is 7.56. The third-order valence-electron chi connectivity index (χ3n) is 5.68. The van der Waals surface area contributed by atoms with Crippen LogP contribution in [-0.2, 0) is 14.3 Å². The lowest BCUT2D eigenvalue weighted by Crippen LogP contribution is -2.72. The van der Waals surface area contributed by atoms with Crippen molar-refractivity contribution >= 4 is 17.8 Å². The zero-order valence-electron chi connectivity index (χ0n) is 12.8. The molecular weight excluding hydrogens is 272 g/mol. The van der Waals surface area contributed by atoms with Crippen molar-refractivity contribution < 1.29 is 19.1 Å². The Balaban J connectivity index is 1.90. The van der Waals surface area contributed by atoms with Gasteiger partial charge in [0.05, 0.1) is 12.1 Å². The Hall–Kier alpha value is -1.43. The smallest absolute Gasteiger partial charge is 0.331 e.